The number of nitrogens with one attached hydrogen (secondary N) is 1. The number of aromatic nitrogens is 1. The maximum atomic E-state index is 11.4. The van der Waals surface area contributed by atoms with Gasteiger partial charge in [-0.3, -0.25) is 4.79 Å². The second kappa shape index (κ2) is 8.72. The average molecular weight is 267 g/mol. The van der Waals surface area contributed by atoms with E-state index in [9.17, 15) is 4.79 Å². The Bertz CT molecular complexity index is 375. The Morgan fingerprint density at radius 1 is 1.47 bits per heavy atom. The summed E-state index contributed by atoms with van der Waals surface area (Å²) in [6.45, 7) is 3.33. The van der Waals surface area contributed by atoms with Gasteiger partial charge in [0.05, 0.1) is 6.61 Å². The van der Waals surface area contributed by atoms with Gasteiger partial charge in [0.15, 0.2) is 0 Å². The lowest BCUT2D eigenvalue weighted by atomic mass is 10.3. The zero-order valence-electron chi connectivity index (χ0n) is 12.2. The van der Waals surface area contributed by atoms with Crippen molar-refractivity contribution in [3.63, 3.8) is 0 Å². The fourth-order valence-electron chi connectivity index (χ4n) is 1.78. The van der Waals surface area contributed by atoms with Crippen LogP contribution in [-0.4, -0.2) is 49.7 Å². The van der Waals surface area contributed by atoms with Crippen LogP contribution >= 0.6 is 0 Å². The van der Waals surface area contributed by atoms with E-state index in [0.29, 0.717) is 6.42 Å². The Labute approximate surface area is 115 Å². The summed E-state index contributed by atoms with van der Waals surface area (Å²) in [7, 11) is 5.29. The predicted molar refractivity (Wildman–Crippen MR) is 75.9 cm³/mol. The van der Waals surface area contributed by atoms with Crippen molar-refractivity contribution < 1.29 is 9.53 Å². The van der Waals surface area contributed by atoms with E-state index < -0.39 is 0 Å². The third-order valence-electron chi connectivity index (χ3n) is 2.93. The molecule has 0 spiro atoms. The highest BCUT2D eigenvalue weighted by Crippen LogP contribution is 2.04. The smallest absolute Gasteiger partial charge is 0.222 e. The minimum Gasteiger partial charge on any atom is -0.383 e. The zero-order valence-corrected chi connectivity index (χ0v) is 12.2. The number of hydrogen-bond donors (Lipinski definition) is 1. The van der Waals surface area contributed by atoms with E-state index in [0.717, 1.165) is 32.7 Å². The first-order valence-electron chi connectivity index (χ1n) is 6.68. The highest BCUT2D eigenvalue weighted by atomic mass is 16.5. The summed E-state index contributed by atoms with van der Waals surface area (Å²) in [6, 6.07) is 2.10. The molecule has 0 aliphatic carbocycles. The topological polar surface area (TPSA) is 46.5 Å². The lowest BCUT2D eigenvalue weighted by Gasteiger charge is -2.09. The molecule has 0 aliphatic rings. The zero-order chi connectivity index (χ0) is 14.1. The molecule has 108 valence electrons. The molecular formula is C14H25N3O2. The van der Waals surface area contributed by atoms with Crippen LogP contribution in [0.1, 0.15) is 18.4 Å². The molecule has 1 amide bonds. The summed E-state index contributed by atoms with van der Waals surface area (Å²) < 4.78 is 7.11. The standard InChI is InChI=1S/C14H25N3O2/c1-16(2)14(18)5-4-8-17-9-6-13(12-17)11-15-7-10-19-3/h6,9,12,15H,4-5,7-8,10-11H2,1-3H3. The highest BCUT2D eigenvalue weighted by Gasteiger charge is 2.03. The van der Waals surface area contributed by atoms with Gasteiger partial charge in [-0.1, -0.05) is 0 Å². The predicted octanol–water partition coefficient (Wildman–Crippen LogP) is 1.09. The first-order chi connectivity index (χ1) is 9.13. The second-order valence-corrected chi connectivity index (χ2v) is 4.82. The third-order valence-corrected chi connectivity index (χ3v) is 2.93. The number of aryl methyl sites for hydroxylation is 1. The summed E-state index contributed by atoms with van der Waals surface area (Å²) in [5, 5.41) is 3.31. The van der Waals surface area contributed by atoms with Crippen LogP contribution in [0.5, 0.6) is 0 Å². The number of amides is 1. The van der Waals surface area contributed by atoms with Crippen molar-refractivity contribution in [2.24, 2.45) is 0 Å². The van der Waals surface area contributed by atoms with Gasteiger partial charge >= 0.3 is 0 Å². The van der Waals surface area contributed by atoms with Gasteiger partial charge in [0.2, 0.25) is 5.91 Å². The van der Waals surface area contributed by atoms with Gasteiger partial charge < -0.3 is 19.5 Å². The Balaban J connectivity index is 2.21. The number of nitrogens with zero attached hydrogens (tertiary/aromatic N) is 2. The molecule has 0 aliphatic heterocycles. The van der Waals surface area contributed by atoms with Crippen molar-refractivity contribution in [3.05, 3.63) is 24.0 Å². The molecule has 0 atom stereocenters. The van der Waals surface area contributed by atoms with Crippen molar-refractivity contribution in [2.45, 2.75) is 25.9 Å². The molecule has 5 heteroatoms. The Morgan fingerprint density at radius 3 is 2.95 bits per heavy atom. The van der Waals surface area contributed by atoms with Crippen molar-refractivity contribution >= 4 is 5.91 Å². The van der Waals surface area contributed by atoms with Crippen LogP contribution in [0.3, 0.4) is 0 Å². The third kappa shape index (κ3) is 6.40. The number of carbonyl (C=O) groups excluding carboxylic acids is 1. The van der Waals surface area contributed by atoms with E-state index in [4.69, 9.17) is 4.74 Å². The van der Waals surface area contributed by atoms with E-state index in [2.05, 4.69) is 28.3 Å². The molecule has 1 heterocycles. The molecular weight excluding hydrogens is 242 g/mol. The molecule has 0 unspecified atom stereocenters. The molecule has 1 N–H and O–H groups in total. The van der Waals surface area contributed by atoms with Crippen LogP contribution < -0.4 is 5.32 Å². The van der Waals surface area contributed by atoms with Gasteiger partial charge in [0.25, 0.3) is 0 Å². The van der Waals surface area contributed by atoms with Crippen molar-refractivity contribution in [1.29, 1.82) is 0 Å². The van der Waals surface area contributed by atoms with Crippen LogP contribution in [0, 0.1) is 0 Å². The molecule has 0 radical (unpaired) electrons. The molecule has 0 aromatic carbocycles. The van der Waals surface area contributed by atoms with Crippen molar-refractivity contribution in [1.82, 2.24) is 14.8 Å². The monoisotopic (exact) mass is 267 g/mol. The number of ether oxygens (including phenoxy) is 1. The molecule has 5 nitrogen and oxygen atoms in total. The Kier molecular flexibility index (Phi) is 7.22. The molecule has 0 saturated heterocycles. The van der Waals surface area contributed by atoms with Gasteiger partial charge in [-0.25, -0.2) is 0 Å². The van der Waals surface area contributed by atoms with Crippen molar-refractivity contribution in [2.75, 3.05) is 34.4 Å². The quantitative estimate of drug-likeness (QED) is 0.681. The van der Waals surface area contributed by atoms with Gasteiger partial charge in [0.1, 0.15) is 0 Å². The van der Waals surface area contributed by atoms with Crippen LogP contribution in [0.4, 0.5) is 0 Å². The molecule has 0 bridgehead atoms. The fourth-order valence-corrected chi connectivity index (χ4v) is 1.78. The highest BCUT2D eigenvalue weighted by molar-refractivity contribution is 5.75. The van der Waals surface area contributed by atoms with E-state index in [1.54, 1.807) is 26.1 Å². The fraction of sp³-hybridized carbons (Fsp3) is 0.643. The summed E-state index contributed by atoms with van der Waals surface area (Å²) in [5.74, 6) is 0.189. The number of rotatable bonds is 9. The lowest BCUT2D eigenvalue weighted by molar-refractivity contribution is -0.128. The SMILES string of the molecule is COCCNCc1ccn(CCCC(=O)N(C)C)c1. The molecule has 1 rings (SSSR count). The number of carbonyl (C=O) groups is 1. The van der Waals surface area contributed by atoms with Gasteiger partial charge in [-0.2, -0.15) is 0 Å². The maximum absolute atomic E-state index is 11.4. The van der Waals surface area contributed by atoms with E-state index in [-0.39, 0.29) is 5.91 Å². The molecule has 0 fully saturated rings. The Hall–Kier alpha value is -1.33. The van der Waals surface area contributed by atoms with Gasteiger partial charge in [-0.05, 0) is 18.1 Å². The lowest BCUT2D eigenvalue weighted by Crippen LogP contribution is -2.21. The summed E-state index contributed by atoms with van der Waals surface area (Å²) in [6.07, 6.45) is 5.67. The largest absolute Gasteiger partial charge is 0.383 e. The van der Waals surface area contributed by atoms with Crippen LogP contribution in [0.15, 0.2) is 18.5 Å². The molecule has 19 heavy (non-hydrogen) atoms. The number of hydrogen-bond acceptors (Lipinski definition) is 3. The molecule has 1 aromatic rings. The minimum absolute atomic E-state index is 0.189. The van der Waals surface area contributed by atoms with E-state index in [1.165, 1.54) is 5.56 Å². The maximum Gasteiger partial charge on any atom is 0.222 e. The van der Waals surface area contributed by atoms with Crippen LogP contribution in [0.2, 0.25) is 0 Å². The number of methoxy groups -OCH3 is 1. The van der Waals surface area contributed by atoms with E-state index >= 15 is 0 Å². The second-order valence-electron chi connectivity index (χ2n) is 4.82. The molecule has 1 aromatic heterocycles. The average Bonchev–Trinajstić information content (AvgIpc) is 2.82. The Morgan fingerprint density at radius 2 is 2.26 bits per heavy atom. The summed E-state index contributed by atoms with van der Waals surface area (Å²) in [4.78, 5) is 13.1. The first kappa shape index (κ1) is 15.7. The van der Waals surface area contributed by atoms with Crippen LogP contribution in [0.25, 0.3) is 0 Å². The first-order valence-corrected chi connectivity index (χ1v) is 6.68. The minimum atomic E-state index is 0.189. The normalized spacial score (nSPS) is 10.7. The van der Waals surface area contributed by atoms with Gasteiger partial charge in [0, 0.05) is 59.7 Å². The van der Waals surface area contributed by atoms with Crippen molar-refractivity contribution in [3.8, 4) is 0 Å². The van der Waals surface area contributed by atoms with E-state index in [1.807, 2.05) is 0 Å². The van der Waals surface area contributed by atoms with Gasteiger partial charge in [-0.15, -0.1) is 0 Å². The summed E-state index contributed by atoms with van der Waals surface area (Å²) >= 11 is 0. The molecule has 0 saturated carbocycles. The summed E-state index contributed by atoms with van der Waals surface area (Å²) in [5.41, 5.74) is 1.26. The van der Waals surface area contributed by atoms with Crippen LogP contribution in [-0.2, 0) is 22.6 Å².